The average Bonchev–Trinajstić information content (AvgIpc) is 3.43. The van der Waals surface area contributed by atoms with Gasteiger partial charge in [0.2, 0.25) is 0 Å². The monoisotopic (exact) mass is 353 g/mol. The molecule has 0 aliphatic heterocycles. The van der Waals surface area contributed by atoms with Crippen LogP contribution in [-0.2, 0) is 22.0 Å². The second-order valence-corrected chi connectivity index (χ2v) is 7.85. The standard InChI is InChI=1S/C21H27N3O2/c1-24-19(22)18(13-23-24)16-5-3-14(4-6-16)15-7-9-17(10-8-15)21(11-12-21)20(25)26-2/h7-10,13-14,16H,3-6,11-12,22H2,1-2H3. The summed E-state index contributed by atoms with van der Waals surface area (Å²) in [5.41, 5.74) is 9.46. The fraction of sp³-hybridized carbons (Fsp3) is 0.524. The molecule has 2 aliphatic carbocycles. The lowest BCUT2D eigenvalue weighted by atomic mass is 9.76. The lowest BCUT2D eigenvalue weighted by Crippen LogP contribution is -2.21. The van der Waals surface area contributed by atoms with Gasteiger partial charge in [0.05, 0.1) is 18.7 Å². The summed E-state index contributed by atoms with van der Waals surface area (Å²) in [5, 5.41) is 4.28. The Balaban J connectivity index is 1.42. The highest BCUT2D eigenvalue weighted by molar-refractivity contribution is 5.86. The van der Waals surface area contributed by atoms with Gasteiger partial charge in [0.25, 0.3) is 0 Å². The van der Waals surface area contributed by atoms with Gasteiger partial charge < -0.3 is 10.5 Å². The van der Waals surface area contributed by atoms with Crippen LogP contribution >= 0.6 is 0 Å². The topological polar surface area (TPSA) is 70.1 Å². The molecule has 0 radical (unpaired) electrons. The summed E-state index contributed by atoms with van der Waals surface area (Å²) in [6.45, 7) is 0. The molecule has 26 heavy (non-hydrogen) atoms. The smallest absolute Gasteiger partial charge is 0.316 e. The first-order chi connectivity index (χ1) is 12.5. The van der Waals surface area contributed by atoms with Crippen LogP contribution in [-0.4, -0.2) is 22.9 Å². The number of methoxy groups -OCH3 is 1. The van der Waals surface area contributed by atoms with Gasteiger partial charge in [-0.3, -0.25) is 9.48 Å². The van der Waals surface area contributed by atoms with Gasteiger partial charge in [0, 0.05) is 12.6 Å². The molecule has 1 aromatic carbocycles. The number of ether oxygens (including phenoxy) is 1. The van der Waals surface area contributed by atoms with Crippen molar-refractivity contribution in [3.63, 3.8) is 0 Å². The predicted molar refractivity (Wildman–Crippen MR) is 101 cm³/mol. The molecule has 0 saturated heterocycles. The van der Waals surface area contributed by atoms with Crippen molar-refractivity contribution in [2.45, 2.75) is 55.8 Å². The minimum absolute atomic E-state index is 0.0974. The van der Waals surface area contributed by atoms with E-state index in [0.29, 0.717) is 11.8 Å². The number of hydrogen-bond acceptors (Lipinski definition) is 4. The van der Waals surface area contributed by atoms with E-state index in [1.165, 1.54) is 31.1 Å². The first-order valence-electron chi connectivity index (χ1n) is 9.51. The molecule has 2 aliphatic rings. The van der Waals surface area contributed by atoms with E-state index < -0.39 is 0 Å². The number of benzene rings is 1. The summed E-state index contributed by atoms with van der Waals surface area (Å²) in [5.74, 6) is 1.81. The molecular formula is C21H27N3O2. The minimum atomic E-state index is -0.372. The van der Waals surface area contributed by atoms with E-state index in [2.05, 4.69) is 29.4 Å². The van der Waals surface area contributed by atoms with Gasteiger partial charge in [0.15, 0.2) is 0 Å². The molecule has 2 N–H and O–H groups in total. The molecule has 0 unspecified atom stereocenters. The van der Waals surface area contributed by atoms with Crippen LogP contribution in [0, 0.1) is 0 Å². The summed E-state index contributed by atoms with van der Waals surface area (Å²) in [6.07, 6.45) is 8.36. The number of aryl methyl sites for hydroxylation is 1. The predicted octanol–water partition coefficient (Wildman–Crippen LogP) is 3.65. The van der Waals surface area contributed by atoms with Crippen LogP contribution in [0.4, 0.5) is 5.82 Å². The third-order valence-corrected chi connectivity index (χ3v) is 6.44. The third-order valence-electron chi connectivity index (χ3n) is 6.44. The van der Waals surface area contributed by atoms with E-state index >= 15 is 0 Å². The van der Waals surface area contributed by atoms with Crippen molar-refractivity contribution < 1.29 is 9.53 Å². The maximum absolute atomic E-state index is 12.0. The van der Waals surface area contributed by atoms with Crippen LogP contribution in [0.5, 0.6) is 0 Å². The lowest BCUT2D eigenvalue weighted by Gasteiger charge is -2.29. The molecule has 0 bridgehead atoms. The van der Waals surface area contributed by atoms with Crippen LogP contribution in [0.15, 0.2) is 30.5 Å². The quantitative estimate of drug-likeness (QED) is 0.852. The maximum atomic E-state index is 12.0. The third kappa shape index (κ3) is 2.79. The number of rotatable bonds is 4. The van der Waals surface area contributed by atoms with Crippen LogP contribution in [0.1, 0.15) is 67.1 Å². The van der Waals surface area contributed by atoms with Crippen molar-refractivity contribution in [2.75, 3.05) is 12.8 Å². The highest BCUT2D eigenvalue weighted by Gasteiger charge is 2.52. The minimum Gasteiger partial charge on any atom is -0.468 e. The van der Waals surface area contributed by atoms with Gasteiger partial charge in [-0.1, -0.05) is 24.3 Å². The van der Waals surface area contributed by atoms with E-state index in [1.54, 1.807) is 4.68 Å². The molecule has 0 atom stereocenters. The van der Waals surface area contributed by atoms with Gasteiger partial charge in [-0.05, 0) is 61.5 Å². The summed E-state index contributed by atoms with van der Waals surface area (Å²) in [4.78, 5) is 12.0. The van der Waals surface area contributed by atoms with Crippen molar-refractivity contribution in [1.82, 2.24) is 9.78 Å². The Morgan fingerprint density at radius 1 is 1.15 bits per heavy atom. The number of nitrogens with two attached hydrogens (primary N) is 1. The van der Waals surface area contributed by atoms with E-state index in [4.69, 9.17) is 10.5 Å². The number of aromatic nitrogens is 2. The zero-order chi connectivity index (χ0) is 18.3. The first kappa shape index (κ1) is 17.1. The second kappa shape index (κ2) is 6.45. The SMILES string of the molecule is COC(=O)C1(c2ccc(C3CCC(c4cnn(C)c4N)CC3)cc2)CC1. The molecule has 2 fully saturated rings. The number of esters is 1. The summed E-state index contributed by atoms with van der Waals surface area (Å²) in [7, 11) is 3.37. The van der Waals surface area contributed by atoms with E-state index in [1.807, 2.05) is 13.2 Å². The zero-order valence-electron chi connectivity index (χ0n) is 15.6. The zero-order valence-corrected chi connectivity index (χ0v) is 15.6. The van der Waals surface area contributed by atoms with Gasteiger partial charge in [-0.15, -0.1) is 0 Å². The molecule has 1 aromatic heterocycles. The number of hydrogen-bond donors (Lipinski definition) is 1. The number of carbonyl (C=O) groups is 1. The Labute approximate surface area is 154 Å². The van der Waals surface area contributed by atoms with Gasteiger partial charge in [-0.25, -0.2) is 0 Å². The van der Waals surface area contributed by atoms with Gasteiger partial charge >= 0.3 is 5.97 Å². The Hall–Kier alpha value is -2.30. The van der Waals surface area contributed by atoms with Gasteiger partial charge in [0.1, 0.15) is 5.82 Å². The van der Waals surface area contributed by atoms with E-state index in [-0.39, 0.29) is 11.4 Å². The van der Waals surface area contributed by atoms with Crippen molar-refractivity contribution in [3.8, 4) is 0 Å². The normalized spacial score (nSPS) is 24.2. The number of carbonyl (C=O) groups excluding carboxylic acids is 1. The maximum Gasteiger partial charge on any atom is 0.316 e. The van der Waals surface area contributed by atoms with Crippen LogP contribution in [0.25, 0.3) is 0 Å². The highest BCUT2D eigenvalue weighted by atomic mass is 16.5. The van der Waals surface area contributed by atoms with E-state index in [0.717, 1.165) is 37.1 Å². The Bertz CT molecular complexity index is 797. The van der Waals surface area contributed by atoms with Crippen molar-refractivity contribution in [2.24, 2.45) is 7.05 Å². The molecule has 0 amide bonds. The average molecular weight is 353 g/mol. The fourth-order valence-electron chi connectivity index (χ4n) is 4.52. The van der Waals surface area contributed by atoms with Gasteiger partial charge in [-0.2, -0.15) is 5.10 Å². The Kier molecular flexibility index (Phi) is 4.25. The summed E-state index contributed by atoms with van der Waals surface area (Å²) in [6, 6.07) is 8.68. The summed E-state index contributed by atoms with van der Waals surface area (Å²) >= 11 is 0. The highest BCUT2D eigenvalue weighted by Crippen LogP contribution is 2.49. The van der Waals surface area contributed by atoms with Crippen molar-refractivity contribution >= 4 is 11.8 Å². The van der Waals surface area contributed by atoms with Crippen LogP contribution in [0.3, 0.4) is 0 Å². The van der Waals surface area contributed by atoms with E-state index in [9.17, 15) is 4.79 Å². The summed E-state index contributed by atoms with van der Waals surface area (Å²) < 4.78 is 6.75. The second-order valence-electron chi connectivity index (χ2n) is 7.85. The molecule has 5 nitrogen and oxygen atoms in total. The van der Waals surface area contributed by atoms with Crippen molar-refractivity contribution in [1.29, 1.82) is 0 Å². The number of nitrogens with zero attached hydrogens (tertiary/aromatic N) is 2. The number of nitrogen functional groups attached to an aromatic ring is 1. The Morgan fingerprint density at radius 2 is 1.77 bits per heavy atom. The molecule has 138 valence electrons. The molecule has 5 heteroatoms. The fourth-order valence-corrected chi connectivity index (χ4v) is 4.52. The van der Waals surface area contributed by atoms with Crippen LogP contribution in [0.2, 0.25) is 0 Å². The molecule has 2 aromatic rings. The lowest BCUT2D eigenvalue weighted by molar-refractivity contribution is -0.143. The molecule has 1 heterocycles. The molecule has 2 saturated carbocycles. The van der Waals surface area contributed by atoms with Crippen molar-refractivity contribution in [3.05, 3.63) is 47.2 Å². The first-order valence-corrected chi connectivity index (χ1v) is 9.51. The Morgan fingerprint density at radius 3 is 2.27 bits per heavy atom. The molecule has 0 spiro atoms. The number of anilines is 1. The molecular weight excluding hydrogens is 326 g/mol. The van der Waals surface area contributed by atoms with Crippen LogP contribution < -0.4 is 5.73 Å². The molecule has 4 rings (SSSR count). The largest absolute Gasteiger partial charge is 0.468 e.